The maximum Gasteiger partial charge on any atom is 0.260 e. The van der Waals surface area contributed by atoms with Crippen LogP contribution in [0.4, 0.5) is 0 Å². The first-order valence-corrected chi connectivity index (χ1v) is 6.73. The molecular formula is C15H21NO3. The Morgan fingerprint density at radius 3 is 2.58 bits per heavy atom. The summed E-state index contributed by atoms with van der Waals surface area (Å²) in [4.78, 5) is 13.5. The summed E-state index contributed by atoms with van der Waals surface area (Å²) in [6, 6.07) is 9.27. The lowest BCUT2D eigenvalue weighted by atomic mass is 10.0. The smallest absolute Gasteiger partial charge is 0.260 e. The predicted molar refractivity (Wildman–Crippen MR) is 73.0 cm³/mol. The van der Waals surface area contributed by atoms with Crippen LogP contribution in [0.5, 0.6) is 5.75 Å². The number of carbonyl (C=O) groups excluding carboxylic acids is 1. The maximum absolute atomic E-state index is 11.9. The number of carbonyl (C=O) groups is 1. The fourth-order valence-electron chi connectivity index (χ4n) is 2.49. The lowest BCUT2D eigenvalue weighted by Crippen LogP contribution is -2.43. The molecule has 1 fully saturated rings. The quantitative estimate of drug-likeness (QED) is 0.881. The number of ether oxygens (including phenoxy) is 1. The van der Waals surface area contributed by atoms with Crippen LogP contribution >= 0.6 is 0 Å². The standard InChI is InChI=1S/C15H21NO3/c1-16(12-15(18)9-5-6-10-15)14(17)11-19-13-7-3-2-4-8-13/h2-4,7-8,18H,5-6,9-12H2,1H3. The predicted octanol–water partition coefficient (Wildman–Crippen LogP) is 1.83. The number of rotatable bonds is 5. The van der Waals surface area contributed by atoms with Crippen LogP contribution in [0.3, 0.4) is 0 Å². The van der Waals surface area contributed by atoms with Gasteiger partial charge in [-0.3, -0.25) is 4.79 Å². The second-order valence-corrected chi connectivity index (χ2v) is 5.28. The summed E-state index contributed by atoms with van der Waals surface area (Å²) in [5.41, 5.74) is -0.697. The third-order valence-electron chi connectivity index (χ3n) is 3.60. The van der Waals surface area contributed by atoms with Gasteiger partial charge in [0.05, 0.1) is 5.60 Å². The topological polar surface area (TPSA) is 49.8 Å². The van der Waals surface area contributed by atoms with E-state index in [-0.39, 0.29) is 12.5 Å². The summed E-state index contributed by atoms with van der Waals surface area (Å²) >= 11 is 0. The summed E-state index contributed by atoms with van der Waals surface area (Å²) in [6.07, 6.45) is 3.65. The molecule has 19 heavy (non-hydrogen) atoms. The van der Waals surface area contributed by atoms with Gasteiger partial charge in [-0.25, -0.2) is 0 Å². The SMILES string of the molecule is CN(CC1(O)CCCC1)C(=O)COc1ccccc1. The molecule has 1 aromatic carbocycles. The van der Waals surface area contributed by atoms with Gasteiger partial charge in [-0.15, -0.1) is 0 Å². The van der Waals surface area contributed by atoms with E-state index in [0.29, 0.717) is 12.3 Å². The van der Waals surface area contributed by atoms with Crippen molar-refractivity contribution in [3.8, 4) is 5.75 Å². The highest BCUT2D eigenvalue weighted by molar-refractivity contribution is 5.77. The minimum absolute atomic E-state index is 0.0105. The molecular weight excluding hydrogens is 242 g/mol. The Balaban J connectivity index is 1.79. The molecule has 1 aliphatic carbocycles. The minimum atomic E-state index is -0.697. The van der Waals surface area contributed by atoms with Crippen molar-refractivity contribution in [3.63, 3.8) is 0 Å². The van der Waals surface area contributed by atoms with Crippen molar-refractivity contribution in [2.24, 2.45) is 0 Å². The molecule has 0 heterocycles. The molecule has 0 radical (unpaired) electrons. The number of para-hydroxylation sites is 1. The van der Waals surface area contributed by atoms with Crippen molar-refractivity contribution in [1.29, 1.82) is 0 Å². The van der Waals surface area contributed by atoms with Crippen LogP contribution in [0.2, 0.25) is 0 Å². The second-order valence-electron chi connectivity index (χ2n) is 5.28. The third-order valence-corrected chi connectivity index (χ3v) is 3.60. The fourth-order valence-corrected chi connectivity index (χ4v) is 2.49. The molecule has 1 aliphatic rings. The average molecular weight is 263 g/mol. The average Bonchev–Trinajstić information content (AvgIpc) is 2.83. The summed E-state index contributed by atoms with van der Waals surface area (Å²) in [5, 5.41) is 10.3. The Bertz CT molecular complexity index is 413. The van der Waals surface area contributed by atoms with Crippen LogP contribution in [-0.2, 0) is 4.79 Å². The maximum atomic E-state index is 11.9. The molecule has 1 N–H and O–H groups in total. The van der Waals surface area contributed by atoms with Crippen molar-refractivity contribution in [3.05, 3.63) is 30.3 Å². The third kappa shape index (κ3) is 3.96. The minimum Gasteiger partial charge on any atom is -0.484 e. The van der Waals surface area contributed by atoms with Crippen LogP contribution in [0.15, 0.2) is 30.3 Å². The molecule has 1 amide bonds. The van der Waals surface area contributed by atoms with E-state index in [9.17, 15) is 9.90 Å². The first kappa shape index (κ1) is 13.9. The highest BCUT2D eigenvalue weighted by Gasteiger charge is 2.33. The lowest BCUT2D eigenvalue weighted by Gasteiger charge is -2.28. The second kappa shape index (κ2) is 6.06. The number of amides is 1. The first-order chi connectivity index (χ1) is 9.09. The van der Waals surface area contributed by atoms with Gasteiger partial charge in [0, 0.05) is 13.6 Å². The van der Waals surface area contributed by atoms with Crippen LogP contribution in [0.25, 0.3) is 0 Å². The molecule has 0 saturated heterocycles. The van der Waals surface area contributed by atoms with E-state index in [1.165, 1.54) is 0 Å². The molecule has 1 saturated carbocycles. The van der Waals surface area contributed by atoms with E-state index < -0.39 is 5.60 Å². The van der Waals surface area contributed by atoms with Gasteiger partial charge in [0.15, 0.2) is 6.61 Å². The Kier molecular flexibility index (Phi) is 4.43. The van der Waals surface area contributed by atoms with Crippen LogP contribution in [0, 0.1) is 0 Å². The van der Waals surface area contributed by atoms with E-state index in [2.05, 4.69) is 0 Å². The van der Waals surface area contributed by atoms with Crippen molar-refractivity contribution in [2.45, 2.75) is 31.3 Å². The monoisotopic (exact) mass is 263 g/mol. The Morgan fingerprint density at radius 1 is 1.32 bits per heavy atom. The zero-order valence-corrected chi connectivity index (χ0v) is 11.3. The van der Waals surface area contributed by atoms with E-state index in [1.807, 2.05) is 30.3 Å². The summed E-state index contributed by atoms with van der Waals surface area (Å²) in [5.74, 6) is 0.577. The van der Waals surface area contributed by atoms with E-state index >= 15 is 0 Å². The Hall–Kier alpha value is -1.55. The van der Waals surface area contributed by atoms with Crippen LogP contribution in [-0.4, -0.2) is 41.7 Å². The van der Waals surface area contributed by atoms with Gasteiger partial charge in [-0.05, 0) is 25.0 Å². The number of aliphatic hydroxyl groups is 1. The van der Waals surface area contributed by atoms with Gasteiger partial charge >= 0.3 is 0 Å². The van der Waals surface area contributed by atoms with Crippen molar-refractivity contribution >= 4 is 5.91 Å². The number of nitrogens with zero attached hydrogens (tertiary/aromatic N) is 1. The molecule has 0 aliphatic heterocycles. The van der Waals surface area contributed by atoms with Gasteiger partial charge in [-0.2, -0.15) is 0 Å². The molecule has 0 atom stereocenters. The van der Waals surface area contributed by atoms with Gasteiger partial charge < -0.3 is 14.7 Å². The zero-order chi connectivity index (χ0) is 13.7. The normalized spacial score (nSPS) is 17.2. The summed E-state index contributed by atoms with van der Waals surface area (Å²) in [7, 11) is 1.72. The van der Waals surface area contributed by atoms with Gasteiger partial charge in [-0.1, -0.05) is 31.0 Å². The zero-order valence-electron chi connectivity index (χ0n) is 11.3. The van der Waals surface area contributed by atoms with Gasteiger partial charge in [0.25, 0.3) is 5.91 Å². The van der Waals surface area contributed by atoms with E-state index in [4.69, 9.17) is 4.74 Å². The largest absolute Gasteiger partial charge is 0.484 e. The molecule has 2 rings (SSSR count). The fraction of sp³-hybridized carbons (Fsp3) is 0.533. The molecule has 1 aromatic rings. The first-order valence-electron chi connectivity index (χ1n) is 6.73. The highest BCUT2D eigenvalue weighted by Crippen LogP contribution is 2.29. The number of benzene rings is 1. The molecule has 0 spiro atoms. The van der Waals surface area contributed by atoms with Crippen LogP contribution < -0.4 is 4.74 Å². The number of hydrogen-bond donors (Lipinski definition) is 1. The molecule has 4 nitrogen and oxygen atoms in total. The molecule has 0 bridgehead atoms. The highest BCUT2D eigenvalue weighted by atomic mass is 16.5. The summed E-state index contributed by atoms with van der Waals surface area (Å²) < 4.78 is 5.41. The molecule has 4 heteroatoms. The molecule has 0 aromatic heterocycles. The van der Waals surface area contributed by atoms with Crippen molar-refractivity contribution in [2.75, 3.05) is 20.2 Å². The van der Waals surface area contributed by atoms with Gasteiger partial charge in [0.2, 0.25) is 0 Å². The van der Waals surface area contributed by atoms with Crippen molar-refractivity contribution in [1.82, 2.24) is 4.90 Å². The number of likely N-dealkylation sites (N-methyl/N-ethyl adjacent to an activating group) is 1. The lowest BCUT2D eigenvalue weighted by molar-refractivity contribution is -0.135. The molecule has 0 unspecified atom stereocenters. The summed E-state index contributed by atoms with van der Waals surface area (Å²) in [6.45, 7) is 0.403. The van der Waals surface area contributed by atoms with E-state index in [0.717, 1.165) is 25.7 Å². The van der Waals surface area contributed by atoms with Crippen LogP contribution in [0.1, 0.15) is 25.7 Å². The van der Waals surface area contributed by atoms with E-state index in [1.54, 1.807) is 11.9 Å². The van der Waals surface area contributed by atoms with Gasteiger partial charge in [0.1, 0.15) is 5.75 Å². The number of hydrogen-bond acceptors (Lipinski definition) is 3. The Labute approximate surface area is 114 Å². The Morgan fingerprint density at radius 2 is 1.95 bits per heavy atom. The van der Waals surface area contributed by atoms with Crippen molar-refractivity contribution < 1.29 is 14.6 Å². The molecule has 104 valence electrons.